The molecule has 3 nitrogen and oxygen atoms in total. The second-order valence-corrected chi connectivity index (χ2v) is 1.13. The number of rotatable bonds is 0. The van der Waals surface area contributed by atoms with Crippen molar-refractivity contribution >= 4 is 5.82 Å². The Kier molecular flexibility index (Phi) is 2.88. The van der Waals surface area contributed by atoms with Crippen LogP contribution in [0.1, 0.15) is 1.43 Å². The van der Waals surface area contributed by atoms with Crippen LogP contribution < -0.4 is 18.1 Å². The Balaban J connectivity index is 0. The Morgan fingerprint density at radius 1 is 1.62 bits per heavy atom. The molecule has 0 amide bonds. The third-order valence-corrected chi connectivity index (χ3v) is 0.605. The van der Waals surface area contributed by atoms with Gasteiger partial charge >= 0.3 is 1.43 Å². The van der Waals surface area contributed by atoms with E-state index in [1.807, 2.05) is 0 Å². The maximum Gasteiger partial charge on any atom is 1.00 e. The van der Waals surface area contributed by atoms with E-state index in [0.29, 0.717) is 5.82 Å². The summed E-state index contributed by atoms with van der Waals surface area (Å²) in [5, 5.41) is 0. The Labute approximate surface area is 54.8 Å². The Morgan fingerprint density at radius 2 is 2.38 bits per heavy atom. The normalized spacial score (nSPS) is 7.50. The SMILES string of the molecule is Nc1ccncn1.[Cl-].[H+]. The van der Waals surface area contributed by atoms with E-state index in [2.05, 4.69) is 9.97 Å². The molecule has 4 heteroatoms. The van der Waals surface area contributed by atoms with Crippen molar-refractivity contribution in [2.75, 3.05) is 5.73 Å². The maximum atomic E-state index is 5.21. The minimum atomic E-state index is 0. The van der Waals surface area contributed by atoms with Crippen LogP contribution in [0.15, 0.2) is 18.6 Å². The van der Waals surface area contributed by atoms with Crippen molar-refractivity contribution in [3.8, 4) is 0 Å². The summed E-state index contributed by atoms with van der Waals surface area (Å²) < 4.78 is 0. The van der Waals surface area contributed by atoms with Crippen LogP contribution in [0.5, 0.6) is 0 Å². The summed E-state index contributed by atoms with van der Waals surface area (Å²) in [7, 11) is 0. The molecular formula is C4H6ClN3. The first-order valence-electron chi connectivity index (χ1n) is 1.91. The van der Waals surface area contributed by atoms with E-state index >= 15 is 0 Å². The molecule has 0 bridgehead atoms. The van der Waals surface area contributed by atoms with Crippen LogP contribution in [0, 0.1) is 0 Å². The van der Waals surface area contributed by atoms with Crippen LogP contribution in [0.4, 0.5) is 5.82 Å². The Morgan fingerprint density at radius 3 is 2.62 bits per heavy atom. The topological polar surface area (TPSA) is 51.8 Å². The maximum absolute atomic E-state index is 5.21. The monoisotopic (exact) mass is 131 g/mol. The summed E-state index contributed by atoms with van der Waals surface area (Å²) in [6, 6.07) is 1.64. The summed E-state index contributed by atoms with van der Waals surface area (Å²) in [6.45, 7) is 0. The highest BCUT2D eigenvalue weighted by molar-refractivity contribution is 5.22. The van der Waals surface area contributed by atoms with Gasteiger partial charge in [-0.2, -0.15) is 0 Å². The molecule has 0 fully saturated rings. The molecule has 0 aliphatic carbocycles. The molecular weight excluding hydrogens is 126 g/mol. The minimum Gasteiger partial charge on any atom is -1.00 e. The van der Waals surface area contributed by atoms with Gasteiger partial charge in [-0.1, -0.05) is 0 Å². The zero-order chi connectivity index (χ0) is 5.11. The molecule has 0 saturated heterocycles. The number of nitrogens with two attached hydrogens (primary N) is 1. The van der Waals surface area contributed by atoms with Crippen LogP contribution in [0.25, 0.3) is 0 Å². The van der Waals surface area contributed by atoms with E-state index in [4.69, 9.17) is 5.73 Å². The summed E-state index contributed by atoms with van der Waals surface area (Å²) >= 11 is 0. The Hall–Kier alpha value is -0.830. The molecule has 0 aliphatic rings. The van der Waals surface area contributed by atoms with E-state index < -0.39 is 0 Å². The smallest absolute Gasteiger partial charge is 1.00 e. The van der Waals surface area contributed by atoms with Crippen molar-refractivity contribution in [2.45, 2.75) is 0 Å². The fourth-order valence-electron chi connectivity index (χ4n) is 0.301. The van der Waals surface area contributed by atoms with Gasteiger partial charge in [0.05, 0.1) is 0 Å². The van der Waals surface area contributed by atoms with Crippen molar-refractivity contribution in [3.05, 3.63) is 18.6 Å². The first-order valence-corrected chi connectivity index (χ1v) is 1.91. The highest BCUT2D eigenvalue weighted by Crippen LogP contribution is 1.85. The van der Waals surface area contributed by atoms with E-state index in [1.165, 1.54) is 6.33 Å². The quantitative estimate of drug-likeness (QED) is 0.413. The van der Waals surface area contributed by atoms with E-state index in [0.717, 1.165) is 0 Å². The van der Waals surface area contributed by atoms with Crippen molar-refractivity contribution in [1.82, 2.24) is 9.97 Å². The molecule has 8 heavy (non-hydrogen) atoms. The predicted octanol–water partition coefficient (Wildman–Crippen LogP) is -2.82. The molecule has 1 rings (SSSR count). The first-order chi connectivity index (χ1) is 3.39. The van der Waals surface area contributed by atoms with Crippen molar-refractivity contribution in [3.63, 3.8) is 0 Å². The van der Waals surface area contributed by atoms with Crippen LogP contribution in [0.2, 0.25) is 0 Å². The highest BCUT2D eigenvalue weighted by atomic mass is 35.5. The summed E-state index contributed by atoms with van der Waals surface area (Å²) in [5.41, 5.74) is 5.21. The third kappa shape index (κ3) is 1.75. The Bertz CT molecular complexity index is 146. The lowest BCUT2D eigenvalue weighted by molar-refractivity contribution is -0.00000165. The van der Waals surface area contributed by atoms with Crippen LogP contribution in [-0.2, 0) is 0 Å². The first kappa shape index (κ1) is 7.17. The average molecular weight is 132 g/mol. The number of nitrogen functional groups attached to an aromatic ring is 1. The van der Waals surface area contributed by atoms with Crippen LogP contribution in [0.3, 0.4) is 0 Å². The molecule has 1 aromatic heterocycles. The summed E-state index contributed by atoms with van der Waals surface area (Å²) in [5.74, 6) is 0.509. The van der Waals surface area contributed by atoms with Crippen LogP contribution in [-0.4, -0.2) is 9.97 Å². The lowest BCUT2D eigenvalue weighted by atomic mass is 10.6. The predicted molar refractivity (Wildman–Crippen MR) is 27.6 cm³/mol. The van der Waals surface area contributed by atoms with E-state index in [9.17, 15) is 0 Å². The number of hydrogen-bond donors (Lipinski definition) is 1. The second kappa shape index (κ2) is 3.21. The average Bonchev–Trinajstić information content (AvgIpc) is 1.69. The zero-order valence-corrected chi connectivity index (χ0v) is 4.84. The largest absolute Gasteiger partial charge is 1.00 e. The van der Waals surface area contributed by atoms with Gasteiger partial charge in [0.1, 0.15) is 12.1 Å². The van der Waals surface area contributed by atoms with Gasteiger partial charge < -0.3 is 18.1 Å². The van der Waals surface area contributed by atoms with Crippen molar-refractivity contribution < 1.29 is 13.8 Å². The molecule has 0 unspecified atom stereocenters. The number of anilines is 1. The van der Waals surface area contributed by atoms with E-state index in [-0.39, 0.29) is 13.8 Å². The van der Waals surface area contributed by atoms with Gasteiger partial charge in [0.15, 0.2) is 0 Å². The van der Waals surface area contributed by atoms with Crippen molar-refractivity contribution in [2.24, 2.45) is 0 Å². The molecule has 1 heterocycles. The second-order valence-electron chi connectivity index (χ2n) is 1.13. The van der Waals surface area contributed by atoms with Gasteiger partial charge in [-0.05, 0) is 6.07 Å². The number of nitrogens with zero attached hydrogens (tertiary/aromatic N) is 2. The van der Waals surface area contributed by atoms with Gasteiger partial charge in [0, 0.05) is 6.20 Å². The molecule has 0 atom stereocenters. The van der Waals surface area contributed by atoms with Crippen LogP contribution >= 0.6 is 0 Å². The fraction of sp³-hybridized carbons (Fsp3) is 0. The van der Waals surface area contributed by atoms with Gasteiger partial charge in [-0.25, -0.2) is 9.97 Å². The van der Waals surface area contributed by atoms with Gasteiger partial charge in [-0.15, -0.1) is 0 Å². The fourth-order valence-corrected chi connectivity index (χ4v) is 0.301. The number of hydrogen-bond acceptors (Lipinski definition) is 3. The zero-order valence-electron chi connectivity index (χ0n) is 5.08. The molecule has 0 radical (unpaired) electrons. The summed E-state index contributed by atoms with van der Waals surface area (Å²) in [4.78, 5) is 7.30. The lowest BCUT2D eigenvalue weighted by Crippen LogP contribution is -3.00. The number of aromatic nitrogens is 2. The van der Waals surface area contributed by atoms with E-state index in [1.54, 1.807) is 12.3 Å². The molecule has 0 aliphatic heterocycles. The molecule has 0 saturated carbocycles. The van der Waals surface area contributed by atoms with Gasteiger partial charge in [-0.3, -0.25) is 0 Å². The highest BCUT2D eigenvalue weighted by Gasteiger charge is 1.74. The minimum absolute atomic E-state index is 0. The van der Waals surface area contributed by atoms with Gasteiger partial charge in [0.25, 0.3) is 0 Å². The molecule has 2 N–H and O–H groups in total. The molecule has 1 aromatic rings. The lowest BCUT2D eigenvalue weighted by Gasteiger charge is -1.82. The summed E-state index contributed by atoms with van der Waals surface area (Å²) in [6.07, 6.45) is 3.01. The molecule has 0 aromatic carbocycles. The third-order valence-electron chi connectivity index (χ3n) is 0.605. The van der Waals surface area contributed by atoms with Crippen molar-refractivity contribution in [1.29, 1.82) is 0 Å². The molecule has 0 spiro atoms. The molecule has 44 valence electrons. The number of halogens is 1. The standard InChI is InChI=1S/C4H5N3.ClH/c5-4-1-2-6-3-7-4;/h1-3H,(H2,5,6,7);1H. The van der Waals surface area contributed by atoms with Gasteiger partial charge in [0.2, 0.25) is 0 Å².